The normalized spacial score (nSPS) is 12.6. The van der Waals surface area contributed by atoms with Crippen molar-refractivity contribution in [3.8, 4) is 0 Å². The summed E-state index contributed by atoms with van der Waals surface area (Å²) in [5, 5.41) is 8.48. The zero-order chi connectivity index (χ0) is 14.5. The predicted octanol–water partition coefficient (Wildman–Crippen LogP) is 3.30. The maximum absolute atomic E-state index is 6.30. The van der Waals surface area contributed by atoms with Crippen molar-refractivity contribution in [1.29, 1.82) is 0 Å². The molecular formula is C15H20ClN3S. The van der Waals surface area contributed by atoms with Crippen LogP contribution in [-0.4, -0.2) is 28.6 Å². The minimum atomic E-state index is 0.376. The lowest BCUT2D eigenvalue weighted by atomic mass is 10.1. The number of likely N-dealkylation sites (N-methyl/N-ethyl adjacent to an activating group) is 1. The number of benzene rings is 1. The van der Waals surface area contributed by atoms with Gasteiger partial charge in [0.15, 0.2) is 0 Å². The molecule has 0 amide bonds. The standard InChI is InChI=1S/C15H20ClN3S/c1-11-14(15(16)19(3)18-11)9-12(17-2)10-20-13-7-5-4-6-8-13/h4-8,12,17H,9-10H2,1-3H3. The van der Waals surface area contributed by atoms with Crippen molar-refractivity contribution in [2.24, 2.45) is 7.05 Å². The van der Waals surface area contributed by atoms with E-state index >= 15 is 0 Å². The van der Waals surface area contributed by atoms with Gasteiger partial charge in [-0.05, 0) is 32.5 Å². The largest absolute Gasteiger partial charge is 0.316 e. The monoisotopic (exact) mass is 309 g/mol. The summed E-state index contributed by atoms with van der Waals surface area (Å²) in [5.74, 6) is 1.01. The Bertz CT molecular complexity index is 554. The zero-order valence-corrected chi connectivity index (χ0v) is 13.6. The van der Waals surface area contributed by atoms with E-state index in [0.29, 0.717) is 6.04 Å². The van der Waals surface area contributed by atoms with Gasteiger partial charge in [0.2, 0.25) is 0 Å². The summed E-state index contributed by atoms with van der Waals surface area (Å²) < 4.78 is 1.74. The fourth-order valence-corrected chi connectivity index (χ4v) is 3.39. The summed E-state index contributed by atoms with van der Waals surface area (Å²) in [5.41, 5.74) is 2.16. The van der Waals surface area contributed by atoms with Gasteiger partial charge in [0, 0.05) is 29.3 Å². The number of thioether (sulfide) groups is 1. The first-order chi connectivity index (χ1) is 9.61. The molecule has 3 nitrogen and oxygen atoms in total. The molecule has 0 saturated heterocycles. The molecule has 1 unspecified atom stereocenters. The third-order valence-electron chi connectivity index (χ3n) is 3.32. The molecule has 0 aliphatic rings. The molecule has 0 aliphatic heterocycles. The van der Waals surface area contributed by atoms with Crippen LogP contribution in [-0.2, 0) is 13.5 Å². The topological polar surface area (TPSA) is 29.9 Å². The van der Waals surface area contributed by atoms with Gasteiger partial charge >= 0.3 is 0 Å². The molecule has 1 aromatic heterocycles. The number of hydrogen-bond donors (Lipinski definition) is 1. The summed E-state index contributed by atoms with van der Waals surface area (Å²) in [6.45, 7) is 2.01. The molecule has 0 bridgehead atoms. The van der Waals surface area contributed by atoms with E-state index in [1.54, 1.807) is 4.68 Å². The van der Waals surface area contributed by atoms with E-state index in [0.717, 1.165) is 28.6 Å². The fourth-order valence-electron chi connectivity index (χ4n) is 2.11. The van der Waals surface area contributed by atoms with Gasteiger partial charge in [0.25, 0.3) is 0 Å². The van der Waals surface area contributed by atoms with Gasteiger partial charge in [0.1, 0.15) is 5.15 Å². The molecule has 5 heteroatoms. The molecule has 1 N–H and O–H groups in total. The Morgan fingerprint density at radius 3 is 2.60 bits per heavy atom. The van der Waals surface area contributed by atoms with Crippen molar-refractivity contribution < 1.29 is 0 Å². The number of aromatic nitrogens is 2. The van der Waals surface area contributed by atoms with Gasteiger partial charge in [-0.2, -0.15) is 5.10 Å². The minimum Gasteiger partial charge on any atom is -0.316 e. The molecule has 108 valence electrons. The Labute approximate surface area is 129 Å². The van der Waals surface area contributed by atoms with Crippen molar-refractivity contribution in [3.05, 3.63) is 46.7 Å². The molecule has 1 aromatic carbocycles. The molecule has 1 atom stereocenters. The molecule has 2 rings (SSSR count). The first kappa shape index (κ1) is 15.4. The van der Waals surface area contributed by atoms with Crippen molar-refractivity contribution in [1.82, 2.24) is 15.1 Å². The van der Waals surface area contributed by atoms with Crippen molar-refractivity contribution >= 4 is 23.4 Å². The van der Waals surface area contributed by atoms with E-state index in [-0.39, 0.29) is 0 Å². The highest BCUT2D eigenvalue weighted by molar-refractivity contribution is 7.99. The number of nitrogens with zero attached hydrogens (tertiary/aromatic N) is 2. The Balaban J connectivity index is 1.99. The zero-order valence-electron chi connectivity index (χ0n) is 12.1. The van der Waals surface area contributed by atoms with Crippen LogP contribution in [0.3, 0.4) is 0 Å². The predicted molar refractivity (Wildman–Crippen MR) is 86.7 cm³/mol. The van der Waals surface area contributed by atoms with Gasteiger partial charge in [-0.25, -0.2) is 0 Å². The number of nitrogens with one attached hydrogen (secondary N) is 1. The number of rotatable bonds is 6. The molecule has 0 radical (unpaired) electrons. The van der Waals surface area contributed by atoms with Crippen LogP contribution >= 0.6 is 23.4 Å². The van der Waals surface area contributed by atoms with Crippen LogP contribution in [0.15, 0.2) is 35.2 Å². The maximum Gasteiger partial charge on any atom is 0.130 e. The van der Waals surface area contributed by atoms with E-state index in [1.165, 1.54) is 4.90 Å². The summed E-state index contributed by atoms with van der Waals surface area (Å²) in [6, 6.07) is 10.8. The van der Waals surface area contributed by atoms with Gasteiger partial charge in [-0.3, -0.25) is 4.68 Å². The van der Waals surface area contributed by atoms with Gasteiger partial charge in [0.05, 0.1) is 5.69 Å². The second kappa shape index (κ2) is 7.16. The van der Waals surface area contributed by atoms with Gasteiger partial charge in [-0.15, -0.1) is 11.8 Å². The highest BCUT2D eigenvalue weighted by Gasteiger charge is 2.16. The maximum atomic E-state index is 6.30. The minimum absolute atomic E-state index is 0.376. The molecule has 20 heavy (non-hydrogen) atoms. The first-order valence-corrected chi connectivity index (χ1v) is 8.01. The summed E-state index contributed by atoms with van der Waals surface area (Å²) in [7, 11) is 3.88. The number of hydrogen-bond acceptors (Lipinski definition) is 3. The average Bonchev–Trinajstić information content (AvgIpc) is 2.70. The highest BCUT2D eigenvalue weighted by Crippen LogP contribution is 2.23. The Morgan fingerprint density at radius 1 is 1.35 bits per heavy atom. The van der Waals surface area contributed by atoms with Crippen LogP contribution in [0.4, 0.5) is 0 Å². The van der Waals surface area contributed by atoms with Crippen LogP contribution in [0, 0.1) is 6.92 Å². The lowest BCUT2D eigenvalue weighted by Crippen LogP contribution is -2.30. The van der Waals surface area contributed by atoms with E-state index in [9.17, 15) is 0 Å². The van der Waals surface area contributed by atoms with Crippen LogP contribution < -0.4 is 5.32 Å². The highest BCUT2D eigenvalue weighted by atomic mass is 35.5. The van der Waals surface area contributed by atoms with E-state index < -0.39 is 0 Å². The second-order valence-electron chi connectivity index (χ2n) is 4.79. The van der Waals surface area contributed by atoms with E-state index in [1.807, 2.05) is 38.8 Å². The third kappa shape index (κ3) is 3.78. The van der Waals surface area contributed by atoms with Crippen LogP contribution in [0.25, 0.3) is 0 Å². The fraction of sp³-hybridized carbons (Fsp3) is 0.400. The molecule has 0 spiro atoms. The Morgan fingerprint density at radius 2 is 2.05 bits per heavy atom. The molecule has 0 aliphatic carbocycles. The molecule has 1 heterocycles. The summed E-state index contributed by atoms with van der Waals surface area (Å²) in [4.78, 5) is 1.29. The molecular weight excluding hydrogens is 290 g/mol. The summed E-state index contributed by atoms with van der Waals surface area (Å²) >= 11 is 8.16. The second-order valence-corrected chi connectivity index (χ2v) is 6.24. The molecule has 2 aromatic rings. The Hall–Kier alpha value is -0.970. The van der Waals surface area contributed by atoms with Crippen molar-refractivity contribution in [2.45, 2.75) is 24.3 Å². The van der Waals surface area contributed by atoms with Crippen LogP contribution in [0.1, 0.15) is 11.3 Å². The SMILES string of the molecule is CNC(CSc1ccccc1)Cc1c(C)nn(C)c1Cl. The first-order valence-electron chi connectivity index (χ1n) is 6.65. The lowest BCUT2D eigenvalue weighted by Gasteiger charge is -2.15. The number of aryl methyl sites for hydroxylation is 2. The number of halogens is 1. The van der Waals surface area contributed by atoms with Crippen LogP contribution in [0.2, 0.25) is 5.15 Å². The Kier molecular flexibility index (Phi) is 5.52. The van der Waals surface area contributed by atoms with Gasteiger partial charge < -0.3 is 5.32 Å². The van der Waals surface area contributed by atoms with Crippen molar-refractivity contribution in [3.63, 3.8) is 0 Å². The van der Waals surface area contributed by atoms with E-state index in [4.69, 9.17) is 11.6 Å². The quantitative estimate of drug-likeness (QED) is 0.830. The van der Waals surface area contributed by atoms with E-state index in [2.05, 4.69) is 34.7 Å². The average molecular weight is 310 g/mol. The molecule has 0 saturated carbocycles. The van der Waals surface area contributed by atoms with Crippen LogP contribution in [0.5, 0.6) is 0 Å². The summed E-state index contributed by atoms with van der Waals surface area (Å²) in [6.07, 6.45) is 0.898. The van der Waals surface area contributed by atoms with Crippen molar-refractivity contribution in [2.75, 3.05) is 12.8 Å². The molecule has 0 fully saturated rings. The lowest BCUT2D eigenvalue weighted by molar-refractivity contribution is 0.615. The van der Waals surface area contributed by atoms with Gasteiger partial charge in [-0.1, -0.05) is 29.8 Å². The smallest absolute Gasteiger partial charge is 0.130 e. The third-order valence-corrected chi connectivity index (χ3v) is 4.97.